The molecular formula is C17H17ClN2O3. The summed E-state index contributed by atoms with van der Waals surface area (Å²) in [5, 5.41) is 0.556. The predicted octanol–water partition coefficient (Wildman–Crippen LogP) is 2.85. The number of halogens is 1. The maximum absolute atomic E-state index is 12.6. The van der Waals surface area contributed by atoms with Crippen molar-refractivity contribution in [2.24, 2.45) is 5.73 Å². The molecule has 0 atom stereocenters. The lowest BCUT2D eigenvalue weighted by molar-refractivity contribution is 0.0996. The minimum atomic E-state index is -0.0718. The zero-order chi connectivity index (χ0) is 16.4. The highest BCUT2D eigenvalue weighted by molar-refractivity contribution is 6.31. The quantitative estimate of drug-likeness (QED) is 0.914. The van der Waals surface area contributed by atoms with E-state index in [0.717, 1.165) is 11.3 Å². The first-order valence-electron chi connectivity index (χ1n) is 7.25. The van der Waals surface area contributed by atoms with Crippen LogP contribution in [0.5, 0.6) is 11.5 Å². The van der Waals surface area contributed by atoms with Gasteiger partial charge in [0.2, 0.25) is 0 Å². The van der Waals surface area contributed by atoms with Crippen LogP contribution in [-0.2, 0) is 6.54 Å². The van der Waals surface area contributed by atoms with Crippen LogP contribution in [-0.4, -0.2) is 26.2 Å². The summed E-state index contributed by atoms with van der Waals surface area (Å²) in [5.41, 5.74) is 7.82. The third kappa shape index (κ3) is 2.98. The second kappa shape index (κ2) is 6.48. The maximum atomic E-state index is 12.6. The maximum Gasteiger partial charge on any atom is 0.258 e. The van der Waals surface area contributed by atoms with Crippen LogP contribution < -0.4 is 20.1 Å². The lowest BCUT2D eigenvalue weighted by Crippen LogP contribution is -2.23. The smallest absolute Gasteiger partial charge is 0.258 e. The molecule has 2 aromatic rings. The Labute approximate surface area is 139 Å². The Morgan fingerprint density at radius 3 is 2.78 bits per heavy atom. The molecule has 0 radical (unpaired) electrons. The number of anilines is 1. The molecule has 0 saturated carbocycles. The van der Waals surface area contributed by atoms with E-state index in [4.69, 9.17) is 26.8 Å². The highest BCUT2D eigenvalue weighted by Crippen LogP contribution is 2.35. The van der Waals surface area contributed by atoms with Crippen molar-refractivity contribution in [3.05, 3.63) is 52.5 Å². The third-order valence-electron chi connectivity index (χ3n) is 3.71. The summed E-state index contributed by atoms with van der Waals surface area (Å²) in [4.78, 5) is 14.3. The number of methoxy groups -OCH3 is 1. The fraction of sp³-hybridized carbons (Fsp3) is 0.235. The van der Waals surface area contributed by atoms with Crippen LogP contribution in [0.3, 0.4) is 0 Å². The summed E-state index contributed by atoms with van der Waals surface area (Å²) in [7, 11) is 1.57. The number of hydrogen-bond donors (Lipinski definition) is 1. The van der Waals surface area contributed by atoms with E-state index in [1.54, 1.807) is 36.3 Å². The summed E-state index contributed by atoms with van der Waals surface area (Å²) in [6.07, 6.45) is 0. The number of carbonyl (C=O) groups is 1. The van der Waals surface area contributed by atoms with Gasteiger partial charge in [-0.2, -0.15) is 0 Å². The van der Waals surface area contributed by atoms with Gasteiger partial charge in [0.1, 0.15) is 6.61 Å². The fourth-order valence-electron chi connectivity index (χ4n) is 2.60. The Bertz CT molecular complexity index is 749. The van der Waals surface area contributed by atoms with Crippen molar-refractivity contribution in [3.63, 3.8) is 0 Å². The average molecular weight is 333 g/mol. The van der Waals surface area contributed by atoms with Crippen LogP contribution in [0.15, 0.2) is 36.4 Å². The van der Waals surface area contributed by atoms with E-state index in [0.29, 0.717) is 41.8 Å². The van der Waals surface area contributed by atoms with Gasteiger partial charge in [0.15, 0.2) is 11.5 Å². The van der Waals surface area contributed by atoms with Crippen LogP contribution in [0.4, 0.5) is 5.69 Å². The van der Waals surface area contributed by atoms with Gasteiger partial charge in [-0.25, -0.2) is 0 Å². The lowest BCUT2D eigenvalue weighted by Gasteiger charge is -2.18. The predicted molar refractivity (Wildman–Crippen MR) is 89.5 cm³/mol. The van der Waals surface area contributed by atoms with Crippen molar-refractivity contribution in [2.75, 3.05) is 25.2 Å². The van der Waals surface area contributed by atoms with E-state index in [1.165, 1.54) is 0 Å². The van der Waals surface area contributed by atoms with Gasteiger partial charge in [-0.15, -0.1) is 0 Å². The molecule has 1 aliphatic heterocycles. The largest absolute Gasteiger partial charge is 0.493 e. The number of amides is 1. The van der Waals surface area contributed by atoms with Crippen molar-refractivity contribution in [2.45, 2.75) is 6.54 Å². The molecule has 0 spiro atoms. The molecule has 6 heteroatoms. The highest BCUT2D eigenvalue weighted by Gasteiger charge is 2.29. The topological polar surface area (TPSA) is 64.8 Å². The van der Waals surface area contributed by atoms with Crippen LogP contribution in [0.25, 0.3) is 0 Å². The first-order chi connectivity index (χ1) is 11.1. The Morgan fingerprint density at radius 1 is 1.22 bits per heavy atom. The van der Waals surface area contributed by atoms with Crippen molar-refractivity contribution < 1.29 is 14.3 Å². The molecule has 0 bridgehead atoms. The van der Waals surface area contributed by atoms with Crippen LogP contribution in [0.2, 0.25) is 5.02 Å². The Kier molecular flexibility index (Phi) is 4.41. The molecule has 5 nitrogen and oxygen atoms in total. The van der Waals surface area contributed by atoms with Crippen LogP contribution in [0.1, 0.15) is 15.9 Å². The molecule has 0 saturated heterocycles. The van der Waals surface area contributed by atoms with Gasteiger partial charge in [-0.3, -0.25) is 4.79 Å². The molecule has 120 valence electrons. The molecule has 1 heterocycles. The van der Waals surface area contributed by atoms with Crippen LogP contribution >= 0.6 is 11.6 Å². The van der Waals surface area contributed by atoms with Gasteiger partial charge in [0, 0.05) is 28.9 Å². The second-order valence-electron chi connectivity index (χ2n) is 5.17. The van der Waals surface area contributed by atoms with E-state index in [9.17, 15) is 4.79 Å². The molecule has 0 aromatic heterocycles. The van der Waals surface area contributed by atoms with Gasteiger partial charge < -0.3 is 20.1 Å². The molecule has 0 fully saturated rings. The molecule has 3 rings (SSSR count). The number of rotatable bonds is 5. The molecule has 1 aliphatic rings. The molecule has 2 N–H and O–H groups in total. The standard InChI is InChI=1S/C17H17ClN2O3/c1-22-15-5-4-13(9-16(15)23-7-6-19)20-10-11-2-3-12(18)8-14(11)17(20)21/h2-5,8-9H,6-7,10,19H2,1H3. The van der Waals surface area contributed by atoms with E-state index in [2.05, 4.69) is 0 Å². The second-order valence-corrected chi connectivity index (χ2v) is 5.60. The summed E-state index contributed by atoms with van der Waals surface area (Å²) in [6, 6.07) is 10.8. The van der Waals surface area contributed by atoms with Gasteiger partial charge >= 0.3 is 0 Å². The number of nitrogens with zero attached hydrogens (tertiary/aromatic N) is 1. The highest BCUT2D eigenvalue weighted by atomic mass is 35.5. The molecule has 2 aromatic carbocycles. The zero-order valence-corrected chi connectivity index (χ0v) is 13.5. The lowest BCUT2D eigenvalue weighted by atomic mass is 10.1. The van der Waals surface area contributed by atoms with E-state index in [1.807, 2.05) is 12.1 Å². The third-order valence-corrected chi connectivity index (χ3v) is 3.95. The van der Waals surface area contributed by atoms with Gasteiger partial charge in [0.05, 0.1) is 13.7 Å². The van der Waals surface area contributed by atoms with E-state index < -0.39 is 0 Å². The minimum Gasteiger partial charge on any atom is -0.493 e. The number of fused-ring (bicyclic) bond motifs is 1. The van der Waals surface area contributed by atoms with Crippen molar-refractivity contribution in [1.29, 1.82) is 0 Å². The SMILES string of the molecule is COc1ccc(N2Cc3ccc(Cl)cc3C2=O)cc1OCCN. The van der Waals surface area contributed by atoms with Crippen molar-refractivity contribution in [3.8, 4) is 11.5 Å². The van der Waals surface area contributed by atoms with Crippen LogP contribution in [0, 0.1) is 0 Å². The molecule has 1 amide bonds. The summed E-state index contributed by atoms with van der Waals surface area (Å²) in [6.45, 7) is 1.29. The van der Waals surface area contributed by atoms with E-state index in [-0.39, 0.29) is 5.91 Å². The first kappa shape index (κ1) is 15.6. The Balaban J connectivity index is 1.92. The van der Waals surface area contributed by atoms with E-state index >= 15 is 0 Å². The van der Waals surface area contributed by atoms with Gasteiger partial charge in [-0.05, 0) is 29.8 Å². The number of ether oxygens (including phenoxy) is 2. The normalized spacial score (nSPS) is 13.2. The summed E-state index contributed by atoms with van der Waals surface area (Å²) in [5.74, 6) is 1.10. The Morgan fingerprint density at radius 2 is 2.04 bits per heavy atom. The molecule has 0 aliphatic carbocycles. The molecular weight excluding hydrogens is 316 g/mol. The average Bonchev–Trinajstić information content (AvgIpc) is 2.89. The van der Waals surface area contributed by atoms with Crippen molar-refractivity contribution in [1.82, 2.24) is 0 Å². The summed E-state index contributed by atoms with van der Waals surface area (Å²) >= 11 is 5.99. The summed E-state index contributed by atoms with van der Waals surface area (Å²) < 4.78 is 10.9. The number of nitrogens with two attached hydrogens (primary N) is 1. The number of benzene rings is 2. The zero-order valence-electron chi connectivity index (χ0n) is 12.7. The first-order valence-corrected chi connectivity index (χ1v) is 7.63. The number of carbonyl (C=O) groups excluding carboxylic acids is 1. The molecule has 0 unspecified atom stereocenters. The molecule has 23 heavy (non-hydrogen) atoms. The monoisotopic (exact) mass is 332 g/mol. The number of hydrogen-bond acceptors (Lipinski definition) is 4. The van der Waals surface area contributed by atoms with Gasteiger partial charge in [0.25, 0.3) is 5.91 Å². The van der Waals surface area contributed by atoms with Gasteiger partial charge in [-0.1, -0.05) is 17.7 Å². The Hall–Kier alpha value is -2.24. The fourth-order valence-corrected chi connectivity index (χ4v) is 2.77. The minimum absolute atomic E-state index is 0.0718. The van der Waals surface area contributed by atoms with Crippen molar-refractivity contribution >= 4 is 23.2 Å².